The van der Waals surface area contributed by atoms with Gasteiger partial charge < -0.3 is 11.1 Å². The van der Waals surface area contributed by atoms with Gasteiger partial charge in [0.05, 0.1) is 11.0 Å². The number of nitro groups is 1. The number of hydrogen-bond acceptors (Lipinski definition) is 5. The number of thiocarbonyl (C=S) groups is 1. The molecule has 0 amide bonds. The van der Waals surface area contributed by atoms with Gasteiger partial charge in [-0.15, -0.1) is 0 Å². The summed E-state index contributed by atoms with van der Waals surface area (Å²) in [6, 6.07) is 3.16. The number of benzene rings is 1. The molecule has 16 heavy (non-hydrogen) atoms. The maximum Gasteiger partial charge on any atom is 0.294 e. The monoisotopic (exact) mass is 237 g/mol. The van der Waals surface area contributed by atoms with Gasteiger partial charge in [0, 0.05) is 23.0 Å². The van der Waals surface area contributed by atoms with E-state index < -0.39 is 4.92 Å². The molecule has 0 saturated carbocycles. The maximum absolute atomic E-state index is 10.7. The lowest BCUT2D eigenvalue weighted by atomic mass is 9.97. The molecule has 5 nitrogen and oxygen atoms in total. The third kappa shape index (κ3) is 1.51. The summed E-state index contributed by atoms with van der Waals surface area (Å²) < 4.78 is 0. The number of anilines is 2. The van der Waals surface area contributed by atoms with Crippen molar-refractivity contribution in [3.63, 3.8) is 0 Å². The Labute approximate surface area is 97.8 Å². The van der Waals surface area contributed by atoms with Crippen molar-refractivity contribution in [2.24, 2.45) is 0 Å². The molecular weight excluding hydrogens is 226 g/mol. The molecule has 2 atom stereocenters. The highest BCUT2D eigenvalue weighted by molar-refractivity contribution is 7.79. The fourth-order valence-corrected chi connectivity index (χ4v) is 2.24. The average molecular weight is 237 g/mol. The first-order valence-electron chi connectivity index (χ1n) is 4.84. The smallest absolute Gasteiger partial charge is 0.294 e. The maximum atomic E-state index is 10.7. The first-order chi connectivity index (χ1) is 7.54. The molecule has 0 aromatic heterocycles. The van der Waals surface area contributed by atoms with Crippen LogP contribution in [0.5, 0.6) is 0 Å². The van der Waals surface area contributed by atoms with Crippen LogP contribution in [0.3, 0.4) is 0 Å². The first-order valence-corrected chi connectivity index (χ1v) is 5.31. The zero-order chi connectivity index (χ0) is 11.9. The third-order valence-corrected chi connectivity index (χ3v) is 3.19. The Balaban J connectivity index is 2.51. The largest absolute Gasteiger partial charge is 0.393 e. The van der Waals surface area contributed by atoms with Crippen LogP contribution in [0.2, 0.25) is 0 Å². The van der Waals surface area contributed by atoms with E-state index in [1.54, 1.807) is 11.4 Å². The zero-order valence-corrected chi connectivity index (χ0v) is 9.45. The van der Waals surface area contributed by atoms with Crippen molar-refractivity contribution in [1.29, 1.82) is 0 Å². The van der Waals surface area contributed by atoms with E-state index in [0.717, 1.165) is 11.3 Å². The standard InChI is InChI=1S/C10H11N3O2S/c1-5-6-2-7(11)10(13(14)15)3-8(6)12-9(5)4-16/h2-5,9,12H,11H2,1H3. The van der Waals surface area contributed by atoms with Gasteiger partial charge in [0.1, 0.15) is 5.69 Å². The van der Waals surface area contributed by atoms with E-state index in [4.69, 9.17) is 18.0 Å². The summed E-state index contributed by atoms with van der Waals surface area (Å²) in [5.74, 6) is 0.190. The summed E-state index contributed by atoms with van der Waals surface area (Å²) in [6.07, 6.45) is 0. The molecule has 0 bridgehead atoms. The molecule has 1 aromatic carbocycles. The van der Waals surface area contributed by atoms with Crippen molar-refractivity contribution in [2.45, 2.75) is 18.9 Å². The number of nitrogens with one attached hydrogen (secondary N) is 1. The molecule has 3 N–H and O–H groups in total. The highest BCUT2D eigenvalue weighted by atomic mass is 32.1. The summed E-state index contributed by atoms with van der Waals surface area (Å²) in [4.78, 5) is 10.2. The summed E-state index contributed by atoms with van der Waals surface area (Å²) in [6.45, 7) is 2.01. The summed E-state index contributed by atoms with van der Waals surface area (Å²) >= 11 is 4.90. The lowest BCUT2D eigenvalue weighted by Crippen LogP contribution is -2.18. The van der Waals surface area contributed by atoms with Crippen LogP contribution in [0.15, 0.2) is 12.1 Å². The van der Waals surface area contributed by atoms with Crippen LogP contribution in [0.4, 0.5) is 17.1 Å². The Kier molecular flexibility index (Phi) is 2.51. The second-order valence-electron chi connectivity index (χ2n) is 3.85. The zero-order valence-electron chi connectivity index (χ0n) is 8.64. The molecule has 0 radical (unpaired) electrons. The Morgan fingerprint density at radius 3 is 2.88 bits per heavy atom. The van der Waals surface area contributed by atoms with Gasteiger partial charge in [0.25, 0.3) is 5.69 Å². The lowest BCUT2D eigenvalue weighted by Gasteiger charge is -2.09. The minimum absolute atomic E-state index is 0.0337. The van der Waals surface area contributed by atoms with E-state index in [1.807, 2.05) is 6.92 Å². The van der Waals surface area contributed by atoms with Gasteiger partial charge in [-0.2, -0.15) is 0 Å². The van der Waals surface area contributed by atoms with Crippen LogP contribution < -0.4 is 11.1 Å². The van der Waals surface area contributed by atoms with Crippen LogP contribution >= 0.6 is 12.2 Å². The van der Waals surface area contributed by atoms with Gasteiger partial charge in [-0.05, 0) is 11.6 Å². The molecule has 1 aromatic rings. The molecule has 2 rings (SSSR count). The SMILES string of the molecule is CC1c2cc(N)c([N+](=O)[O-])cc2NC1C=S. The fraction of sp³-hybridized carbons (Fsp3) is 0.300. The number of nitrogens with two attached hydrogens (primary N) is 1. The molecule has 6 heteroatoms. The first kappa shape index (κ1) is 10.8. The topological polar surface area (TPSA) is 81.2 Å². The molecular formula is C10H11N3O2S. The molecule has 84 valence electrons. The van der Waals surface area contributed by atoms with E-state index in [2.05, 4.69) is 5.32 Å². The average Bonchev–Trinajstić information content (AvgIpc) is 2.54. The predicted molar refractivity (Wildman–Crippen MR) is 67.0 cm³/mol. The minimum atomic E-state index is -0.479. The van der Waals surface area contributed by atoms with Crippen LogP contribution in [-0.2, 0) is 0 Å². The molecule has 0 spiro atoms. The fourth-order valence-electron chi connectivity index (χ4n) is 1.93. The van der Waals surface area contributed by atoms with Gasteiger partial charge in [0.15, 0.2) is 0 Å². The molecule has 0 aliphatic carbocycles. The highest BCUT2D eigenvalue weighted by Crippen LogP contribution is 2.40. The van der Waals surface area contributed by atoms with Gasteiger partial charge in [0.2, 0.25) is 0 Å². The number of nitro benzene ring substituents is 1. The van der Waals surface area contributed by atoms with Crippen LogP contribution in [0, 0.1) is 10.1 Å². The Morgan fingerprint density at radius 1 is 1.62 bits per heavy atom. The lowest BCUT2D eigenvalue weighted by molar-refractivity contribution is -0.383. The van der Waals surface area contributed by atoms with Crippen LogP contribution in [-0.4, -0.2) is 16.3 Å². The number of hydrogen-bond donors (Lipinski definition) is 2. The summed E-state index contributed by atoms with van der Waals surface area (Å²) in [7, 11) is 0. The Hall–Kier alpha value is -1.69. The second-order valence-corrected chi connectivity index (χ2v) is 4.12. The third-order valence-electron chi connectivity index (χ3n) is 2.89. The minimum Gasteiger partial charge on any atom is -0.393 e. The van der Waals surface area contributed by atoms with E-state index in [1.165, 1.54) is 6.07 Å². The summed E-state index contributed by atoms with van der Waals surface area (Å²) in [5, 5.41) is 15.5. The molecule has 2 unspecified atom stereocenters. The van der Waals surface area contributed by atoms with E-state index in [9.17, 15) is 10.1 Å². The summed E-state index contributed by atoms with van der Waals surface area (Å²) in [5.41, 5.74) is 7.50. The van der Waals surface area contributed by atoms with Crippen molar-refractivity contribution in [3.8, 4) is 0 Å². The normalized spacial score (nSPS) is 22.3. The number of rotatable bonds is 2. The quantitative estimate of drug-likeness (QED) is 0.356. The van der Waals surface area contributed by atoms with Crippen molar-refractivity contribution >= 4 is 34.6 Å². The highest BCUT2D eigenvalue weighted by Gasteiger charge is 2.29. The van der Waals surface area contributed by atoms with E-state index in [-0.39, 0.29) is 23.3 Å². The van der Waals surface area contributed by atoms with Gasteiger partial charge in [-0.3, -0.25) is 10.1 Å². The Morgan fingerprint density at radius 2 is 2.31 bits per heavy atom. The molecule has 1 heterocycles. The number of nitrogen functional groups attached to an aromatic ring is 1. The molecule has 1 aliphatic rings. The van der Waals surface area contributed by atoms with Gasteiger partial charge in [-0.1, -0.05) is 19.1 Å². The predicted octanol–water partition coefficient (Wildman–Crippen LogP) is 2.07. The van der Waals surface area contributed by atoms with Gasteiger partial charge >= 0.3 is 0 Å². The molecule has 0 saturated heterocycles. The van der Waals surface area contributed by atoms with Crippen LogP contribution in [0.1, 0.15) is 18.4 Å². The molecule has 0 fully saturated rings. The van der Waals surface area contributed by atoms with E-state index >= 15 is 0 Å². The van der Waals surface area contributed by atoms with Crippen molar-refractivity contribution in [1.82, 2.24) is 0 Å². The van der Waals surface area contributed by atoms with Crippen molar-refractivity contribution in [2.75, 3.05) is 11.1 Å². The molecule has 1 aliphatic heterocycles. The van der Waals surface area contributed by atoms with Gasteiger partial charge in [-0.25, -0.2) is 0 Å². The van der Waals surface area contributed by atoms with Crippen molar-refractivity contribution in [3.05, 3.63) is 27.8 Å². The van der Waals surface area contributed by atoms with Crippen molar-refractivity contribution < 1.29 is 4.92 Å². The van der Waals surface area contributed by atoms with Crippen LogP contribution in [0.25, 0.3) is 0 Å². The second kappa shape index (κ2) is 3.71. The number of nitrogens with zero attached hydrogens (tertiary/aromatic N) is 1. The Bertz CT molecular complexity index is 475. The number of fused-ring (bicyclic) bond motifs is 1. The van der Waals surface area contributed by atoms with E-state index in [0.29, 0.717) is 0 Å².